The average Bonchev–Trinajstić information content (AvgIpc) is 3.37. The minimum atomic E-state index is -0.0253. The molecule has 2 aliphatic rings. The molecule has 1 N–H and O–H groups in total. The molecule has 2 atom stereocenters. The Balaban J connectivity index is 1.26. The van der Waals surface area contributed by atoms with Gasteiger partial charge in [0.15, 0.2) is 11.5 Å². The molecule has 1 aliphatic carbocycles. The van der Waals surface area contributed by atoms with Crippen LogP contribution in [0.1, 0.15) is 49.8 Å². The van der Waals surface area contributed by atoms with Crippen LogP contribution >= 0.6 is 0 Å². The topological polar surface area (TPSA) is 59.9 Å². The van der Waals surface area contributed by atoms with Crippen LogP contribution in [-0.4, -0.2) is 18.9 Å². The molecule has 150 valence electrons. The van der Waals surface area contributed by atoms with E-state index in [1.54, 1.807) is 12.3 Å². The molecule has 0 spiro atoms. The first-order valence-electron chi connectivity index (χ1n) is 9.91. The van der Waals surface area contributed by atoms with Crippen molar-refractivity contribution in [2.24, 2.45) is 11.0 Å². The number of nitrogens with one attached hydrogen (secondary N) is 1. The summed E-state index contributed by atoms with van der Waals surface area (Å²) in [5.41, 5.74) is 6.30. The van der Waals surface area contributed by atoms with Gasteiger partial charge in [-0.1, -0.05) is 57.2 Å². The second-order valence-corrected chi connectivity index (χ2v) is 8.55. The number of allylic oxidation sites excluding steroid dienone is 1. The van der Waals surface area contributed by atoms with Crippen LogP contribution in [0.3, 0.4) is 0 Å². The van der Waals surface area contributed by atoms with Crippen molar-refractivity contribution >= 4 is 18.2 Å². The predicted octanol–water partition coefficient (Wildman–Crippen LogP) is 4.63. The van der Waals surface area contributed by atoms with Crippen LogP contribution in [0.5, 0.6) is 11.5 Å². The van der Waals surface area contributed by atoms with E-state index in [9.17, 15) is 4.79 Å². The van der Waals surface area contributed by atoms with Gasteiger partial charge < -0.3 is 9.47 Å². The molecule has 0 saturated heterocycles. The van der Waals surface area contributed by atoms with Crippen molar-refractivity contribution in [2.75, 3.05) is 6.79 Å². The molecular weight excluding hydrogens is 364 g/mol. The van der Waals surface area contributed by atoms with E-state index in [-0.39, 0.29) is 24.0 Å². The summed E-state index contributed by atoms with van der Waals surface area (Å²) in [5.74, 6) is 1.78. The van der Waals surface area contributed by atoms with Crippen LogP contribution in [0.4, 0.5) is 0 Å². The standard InChI is InChI=1S/C24H26N2O3/c1-24(2,3)18-9-7-17(8-10-18)19-14-20(19)23(27)26-25-12-4-5-16-6-11-21-22(13-16)29-15-28-21/h4-13,19-20H,14-15H2,1-3H3,(H,26,27)/b5-4-,25-12?/t19-,20-/m0/s1. The Morgan fingerprint density at radius 2 is 1.86 bits per heavy atom. The van der Waals surface area contributed by atoms with Crippen LogP contribution in [-0.2, 0) is 10.2 Å². The van der Waals surface area contributed by atoms with Gasteiger partial charge in [0, 0.05) is 12.1 Å². The molecular formula is C24H26N2O3. The van der Waals surface area contributed by atoms with Crippen molar-refractivity contribution in [1.29, 1.82) is 0 Å². The third-order valence-corrected chi connectivity index (χ3v) is 5.35. The summed E-state index contributed by atoms with van der Waals surface area (Å²) >= 11 is 0. The third kappa shape index (κ3) is 4.50. The first-order valence-corrected chi connectivity index (χ1v) is 9.91. The maximum Gasteiger partial charge on any atom is 0.243 e. The quantitative estimate of drug-likeness (QED) is 0.598. The molecule has 5 nitrogen and oxygen atoms in total. The van der Waals surface area contributed by atoms with Gasteiger partial charge in [-0.25, -0.2) is 5.43 Å². The summed E-state index contributed by atoms with van der Waals surface area (Å²) in [6.45, 7) is 6.87. The Hall–Kier alpha value is -3.08. The average molecular weight is 390 g/mol. The van der Waals surface area contributed by atoms with E-state index >= 15 is 0 Å². The van der Waals surface area contributed by atoms with Crippen LogP contribution in [0.2, 0.25) is 0 Å². The maximum atomic E-state index is 12.3. The zero-order valence-corrected chi connectivity index (χ0v) is 17.0. The van der Waals surface area contributed by atoms with E-state index in [1.807, 2.05) is 24.3 Å². The Morgan fingerprint density at radius 1 is 1.10 bits per heavy atom. The van der Waals surface area contributed by atoms with Crippen molar-refractivity contribution in [2.45, 2.75) is 38.5 Å². The fourth-order valence-corrected chi connectivity index (χ4v) is 3.48. The first-order chi connectivity index (χ1) is 13.9. The predicted molar refractivity (Wildman–Crippen MR) is 114 cm³/mol. The lowest BCUT2D eigenvalue weighted by molar-refractivity contribution is -0.122. The van der Waals surface area contributed by atoms with Gasteiger partial charge in [-0.05, 0) is 52.7 Å². The summed E-state index contributed by atoms with van der Waals surface area (Å²) in [7, 11) is 0. The van der Waals surface area contributed by atoms with E-state index in [1.165, 1.54) is 11.1 Å². The van der Waals surface area contributed by atoms with Gasteiger partial charge in [0.1, 0.15) is 0 Å². The summed E-state index contributed by atoms with van der Waals surface area (Å²) < 4.78 is 10.6. The maximum absolute atomic E-state index is 12.3. The SMILES string of the molecule is CC(C)(C)c1ccc([C@@H]2C[C@@H]2C(=O)NN=C/C=C\c2ccc3c(c2)OCO3)cc1. The van der Waals surface area contributed by atoms with E-state index in [4.69, 9.17) is 9.47 Å². The monoisotopic (exact) mass is 390 g/mol. The number of hydrazone groups is 1. The number of rotatable bonds is 5. The number of nitrogens with zero attached hydrogens (tertiary/aromatic N) is 1. The minimum absolute atomic E-state index is 0.00507. The lowest BCUT2D eigenvalue weighted by Crippen LogP contribution is -2.19. The van der Waals surface area contributed by atoms with Gasteiger partial charge in [0.2, 0.25) is 12.7 Å². The Morgan fingerprint density at radius 3 is 2.62 bits per heavy atom. The minimum Gasteiger partial charge on any atom is -0.454 e. The number of carbonyl (C=O) groups is 1. The van der Waals surface area contributed by atoms with Crippen LogP contribution in [0.25, 0.3) is 6.08 Å². The highest BCUT2D eigenvalue weighted by molar-refractivity contribution is 5.85. The molecule has 1 saturated carbocycles. The van der Waals surface area contributed by atoms with Crippen LogP contribution in [0.15, 0.2) is 53.6 Å². The molecule has 5 heteroatoms. The number of fused-ring (bicyclic) bond motifs is 1. The Kier molecular flexibility index (Phi) is 5.14. The molecule has 1 aliphatic heterocycles. The largest absolute Gasteiger partial charge is 0.454 e. The number of amides is 1. The Bertz CT molecular complexity index is 955. The van der Waals surface area contributed by atoms with Crippen molar-refractivity contribution in [3.05, 3.63) is 65.2 Å². The lowest BCUT2D eigenvalue weighted by Gasteiger charge is -2.19. The fourth-order valence-electron chi connectivity index (χ4n) is 3.48. The number of hydrogen-bond donors (Lipinski definition) is 1. The van der Waals surface area contributed by atoms with E-state index in [2.05, 4.69) is 55.6 Å². The van der Waals surface area contributed by atoms with E-state index in [0.29, 0.717) is 5.92 Å². The van der Waals surface area contributed by atoms with Gasteiger partial charge in [-0.2, -0.15) is 5.10 Å². The molecule has 0 bridgehead atoms. The summed E-state index contributed by atoms with van der Waals surface area (Å²) in [4.78, 5) is 12.3. The van der Waals surface area contributed by atoms with E-state index in [0.717, 1.165) is 23.5 Å². The molecule has 1 heterocycles. The fraction of sp³-hybridized carbons (Fsp3) is 0.333. The summed E-state index contributed by atoms with van der Waals surface area (Å²) in [6, 6.07) is 14.4. The highest BCUT2D eigenvalue weighted by Gasteiger charge is 2.43. The summed E-state index contributed by atoms with van der Waals surface area (Å²) in [6.07, 6.45) is 6.14. The van der Waals surface area contributed by atoms with Crippen LogP contribution < -0.4 is 14.9 Å². The highest BCUT2D eigenvalue weighted by atomic mass is 16.7. The molecule has 0 aromatic heterocycles. The molecule has 1 amide bonds. The second-order valence-electron chi connectivity index (χ2n) is 8.55. The number of hydrogen-bond acceptors (Lipinski definition) is 4. The highest BCUT2D eigenvalue weighted by Crippen LogP contribution is 2.47. The molecule has 29 heavy (non-hydrogen) atoms. The van der Waals surface area contributed by atoms with Crippen LogP contribution in [0, 0.1) is 5.92 Å². The zero-order valence-electron chi connectivity index (χ0n) is 17.0. The molecule has 2 aromatic carbocycles. The molecule has 1 fully saturated rings. The van der Waals surface area contributed by atoms with Gasteiger partial charge in [0.05, 0.1) is 0 Å². The normalized spacial score (nSPS) is 20.4. The van der Waals surface area contributed by atoms with Crippen molar-refractivity contribution < 1.29 is 14.3 Å². The third-order valence-electron chi connectivity index (χ3n) is 5.35. The molecule has 0 radical (unpaired) electrons. The number of benzene rings is 2. The van der Waals surface area contributed by atoms with Crippen molar-refractivity contribution in [3.8, 4) is 11.5 Å². The molecule has 0 unspecified atom stereocenters. The smallest absolute Gasteiger partial charge is 0.243 e. The van der Waals surface area contributed by atoms with Gasteiger partial charge in [-0.3, -0.25) is 4.79 Å². The number of carbonyl (C=O) groups excluding carboxylic acids is 1. The molecule has 4 rings (SSSR count). The van der Waals surface area contributed by atoms with Gasteiger partial charge >= 0.3 is 0 Å². The Labute approximate surface area is 171 Å². The zero-order chi connectivity index (χ0) is 20.4. The first kappa shape index (κ1) is 19.2. The van der Waals surface area contributed by atoms with E-state index < -0.39 is 0 Å². The van der Waals surface area contributed by atoms with Crippen molar-refractivity contribution in [1.82, 2.24) is 5.43 Å². The van der Waals surface area contributed by atoms with Gasteiger partial charge in [-0.15, -0.1) is 0 Å². The number of ether oxygens (including phenoxy) is 2. The van der Waals surface area contributed by atoms with Crippen molar-refractivity contribution in [3.63, 3.8) is 0 Å². The van der Waals surface area contributed by atoms with Gasteiger partial charge in [0.25, 0.3) is 0 Å². The lowest BCUT2D eigenvalue weighted by atomic mass is 9.86. The second kappa shape index (κ2) is 7.74. The summed E-state index contributed by atoms with van der Waals surface area (Å²) in [5, 5.41) is 4.03. The molecule has 2 aromatic rings.